The number of aromatic nitrogens is 4. The van der Waals surface area contributed by atoms with Crippen molar-refractivity contribution >= 4 is 17.5 Å². The maximum Gasteiger partial charge on any atom is 0.246 e. The van der Waals surface area contributed by atoms with E-state index < -0.39 is 6.04 Å². The summed E-state index contributed by atoms with van der Waals surface area (Å²) in [6, 6.07) is -0.403. The summed E-state index contributed by atoms with van der Waals surface area (Å²) < 4.78 is 6.42. The van der Waals surface area contributed by atoms with Crippen LogP contribution in [0.2, 0.25) is 5.02 Å². The van der Waals surface area contributed by atoms with Gasteiger partial charge in [0.2, 0.25) is 11.8 Å². The molecular weight excluding hydrogens is 282 g/mol. The fraction of sp³-hybridized carbons (Fsp3) is 0.500. The van der Waals surface area contributed by atoms with E-state index in [4.69, 9.17) is 16.1 Å². The number of hydrogen-bond donors (Lipinski definition) is 0. The van der Waals surface area contributed by atoms with Gasteiger partial charge in [0, 0.05) is 33.1 Å². The summed E-state index contributed by atoms with van der Waals surface area (Å²) in [5.74, 6) is 1.07. The van der Waals surface area contributed by atoms with Crippen LogP contribution < -0.4 is 0 Å². The molecule has 0 radical (unpaired) electrons. The molecule has 0 aliphatic carbocycles. The highest BCUT2D eigenvalue weighted by atomic mass is 35.5. The number of carbonyl (C=O) groups is 1. The first-order chi connectivity index (χ1) is 9.47. The maximum atomic E-state index is 12.2. The van der Waals surface area contributed by atoms with Crippen LogP contribution in [0.5, 0.6) is 0 Å². The van der Waals surface area contributed by atoms with Gasteiger partial charge >= 0.3 is 0 Å². The Morgan fingerprint density at radius 3 is 2.90 bits per heavy atom. The predicted octanol–water partition coefficient (Wildman–Crippen LogP) is 1.49. The number of halogens is 1. The van der Waals surface area contributed by atoms with Crippen LogP contribution in [0, 0.1) is 6.92 Å². The van der Waals surface area contributed by atoms with Crippen molar-refractivity contribution in [2.45, 2.75) is 26.3 Å². The minimum atomic E-state index is -0.403. The lowest BCUT2D eigenvalue weighted by molar-refractivity contribution is -0.133. The van der Waals surface area contributed by atoms with Crippen molar-refractivity contribution in [3.63, 3.8) is 0 Å². The van der Waals surface area contributed by atoms with Crippen LogP contribution in [0.1, 0.15) is 24.7 Å². The molecule has 0 fully saturated rings. The van der Waals surface area contributed by atoms with Crippen molar-refractivity contribution < 1.29 is 9.32 Å². The zero-order valence-corrected chi connectivity index (χ0v) is 12.3. The van der Waals surface area contributed by atoms with E-state index in [0.717, 1.165) is 0 Å². The number of amides is 1. The first-order valence-corrected chi connectivity index (χ1v) is 6.59. The normalized spacial score (nSPS) is 12.4. The molecule has 0 spiro atoms. The van der Waals surface area contributed by atoms with Gasteiger partial charge < -0.3 is 9.42 Å². The van der Waals surface area contributed by atoms with Crippen molar-refractivity contribution in [3.8, 4) is 0 Å². The molecule has 0 saturated carbocycles. The van der Waals surface area contributed by atoms with E-state index in [0.29, 0.717) is 29.7 Å². The second-order valence-corrected chi connectivity index (χ2v) is 4.99. The van der Waals surface area contributed by atoms with E-state index in [1.807, 2.05) is 0 Å². The molecule has 2 aromatic rings. The third kappa shape index (κ3) is 3.36. The third-order valence-electron chi connectivity index (χ3n) is 2.94. The Kier molecular flexibility index (Phi) is 4.39. The lowest BCUT2D eigenvalue weighted by Crippen LogP contribution is -2.34. The molecule has 20 heavy (non-hydrogen) atoms. The Hall–Kier alpha value is -1.89. The summed E-state index contributed by atoms with van der Waals surface area (Å²) in [5, 5.41) is 8.34. The van der Waals surface area contributed by atoms with Gasteiger partial charge in [-0.2, -0.15) is 10.1 Å². The van der Waals surface area contributed by atoms with Gasteiger partial charge in [-0.3, -0.25) is 9.48 Å². The smallest absolute Gasteiger partial charge is 0.246 e. The molecule has 0 aliphatic heterocycles. The van der Waals surface area contributed by atoms with E-state index in [9.17, 15) is 4.79 Å². The Balaban J connectivity index is 1.91. The van der Waals surface area contributed by atoms with Gasteiger partial charge in [-0.25, -0.2) is 0 Å². The number of hydrogen-bond acceptors (Lipinski definition) is 5. The van der Waals surface area contributed by atoms with Crippen molar-refractivity contribution in [2.75, 3.05) is 13.6 Å². The van der Waals surface area contributed by atoms with Crippen LogP contribution in [0.15, 0.2) is 16.9 Å². The van der Waals surface area contributed by atoms with Gasteiger partial charge in [-0.05, 0) is 6.92 Å². The van der Waals surface area contributed by atoms with Crippen molar-refractivity contribution in [2.24, 2.45) is 0 Å². The van der Waals surface area contributed by atoms with Gasteiger partial charge in [0.05, 0.1) is 11.2 Å². The fourth-order valence-corrected chi connectivity index (χ4v) is 1.92. The molecule has 2 rings (SSSR count). The average Bonchev–Trinajstić information content (AvgIpc) is 3.03. The van der Waals surface area contributed by atoms with Crippen molar-refractivity contribution in [1.29, 1.82) is 0 Å². The van der Waals surface area contributed by atoms with Crippen LogP contribution in [-0.2, 0) is 11.2 Å². The molecule has 0 aliphatic rings. The molecule has 8 heteroatoms. The molecule has 0 bridgehead atoms. The minimum Gasteiger partial charge on any atom is -0.343 e. The predicted molar refractivity (Wildman–Crippen MR) is 72.3 cm³/mol. The highest BCUT2D eigenvalue weighted by molar-refractivity contribution is 6.30. The van der Waals surface area contributed by atoms with Gasteiger partial charge in [-0.1, -0.05) is 16.8 Å². The minimum absolute atomic E-state index is 0.0509. The highest BCUT2D eigenvalue weighted by Crippen LogP contribution is 2.13. The zero-order chi connectivity index (χ0) is 14.7. The Labute approximate surface area is 121 Å². The Morgan fingerprint density at radius 2 is 2.35 bits per heavy atom. The summed E-state index contributed by atoms with van der Waals surface area (Å²) >= 11 is 5.80. The van der Waals surface area contributed by atoms with Gasteiger partial charge in [0.25, 0.3) is 0 Å². The quantitative estimate of drug-likeness (QED) is 0.835. The first kappa shape index (κ1) is 14.5. The summed E-state index contributed by atoms with van der Waals surface area (Å²) in [6.45, 7) is 4.02. The molecule has 0 saturated heterocycles. The van der Waals surface area contributed by atoms with E-state index >= 15 is 0 Å². The van der Waals surface area contributed by atoms with Crippen LogP contribution in [0.3, 0.4) is 0 Å². The van der Waals surface area contributed by atoms with Crippen LogP contribution >= 0.6 is 11.6 Å². The number of aryl methyl sites for hydroxylation is 1. The average molecular weight is 298 g/mol. The summed E-state index contributed by atoms with van der Waals surface area (Å²) in [5.41, 5.74) is 0. The number of nitrogens with zero attached hydrogens (tertiary/aromatic N) is 5. The molecule has 0 unspecified atom stereocenters. The topological polar surface area (TPSA) is 77.1 Å². The second kappa shape index (κ2) is 6.04. The summed E-state index contributed by atoms with van der Waals surface area (Å²) in [6.07, 6.45) is 3.68. The Morgan fingerprint density at radius 1 is 1.60 bits per heavy atom. The molecule has 7 nitrogen and oxygen atoms in total. The maximum absolute atomic E-state index is 12.2. The van der Waals surface area contributed by atoms with Crippen LogP contribution in [-0.4, -0.2) is 44.3 Å². The standard InChI is InChI=1S/C12H16ClN5O2/c1-8(18-7-10(13)6-14-18)12(19)17(3)5-4-11-15-9(2)20-16-11/h6-8H,4-5H2,1-3H3/t8-/m0/s1. The van der Waals surface area contributed by atoms with Crippen molar-refractivity contribution in [1.82, 2.24) is 24.8 Å². The van der Waals surface area contributed by atoms with Gasteiger partial charge in [-0.15, -0.1) is 0 Å². The SMILES string of the molecule is Cc1nc(CCN(C)C(=O)[C@H](C)n2cc(Cl)cn2)no1. The Bertz CT molecular complexity index is 594. The van der Waals surface area contributed by atoms with E-state index in [1.54, 1.807) is 36.7 Å². The molecule has 2 aromatic heterocycles. The lowest BCUT2D eigenvalue weighted by atomic mass is 10.3. The molecule has 2 heterocycles. The molecular formula is C12H16ClN5O2. The number of rotatable bonds is 5. The summed E-state index contributed by atoms with van der Waals surface area (Å²) in [4.78, 5) is 18.0. The largest absolute Gasteiger partial charge is 0.343 e. The molecule has 0 N–H and O–H groups in total. The van der Waals surface area contributed by atoms with E-state index in [2.05, 4.69) is 15.2 Å². The first-order valence-electron chi connectivity index (χ1n) is 6.21. The molecule has 0 aromatic carbocycles. The molecule has 1 amide bonds. The molecule has 1 atom stereocenters. The monoisotopic (exact) mass is 297 g/mol. The summed E-state index contributed by atoms with van der Waals surface area (Å²) in [7, 11) is 1.73. The zero-order valence-electron chi connectivity index (χ0n) is 11.6. The van der Waals surface area contributed by atoms with E-state index in [-0.39, 0.29) is 5.91 Å². The number of likely N-dealkylation sites (N-methyl/N-ethyl adjacent to an activating group) is 1. The fourth-order valence-electron chi connectivity index (χ4n) is 1.78. The van der Waals surface area contributed by atoms with Crippen LogP contribution in [0.25, 0.3) is 0 Å². The highest BCUT2D eigenvalue weighted by Gasteiger charge is 2.20. The van der Waals surface area contributed by atoms with Crippen LogP contribution in [0.4, 0.5) is 0 Å². The van der Waals surface area contributed by atoms with E-state index in [1.165, 1.54) is 6.20 Å². The molecule has 108 valence electrons. The van der Waals surface area contributed by atoms with Crippen molar-refractivity contribution in [3.05, 3.63) is 29.1 Å². The van der Waals surface area contributed by atoms with Gasteiger partial charge in [0.1, 0.15) is 6.04 Å². The third-order valence-corrected chi connectivity index (χ3v) is 3.14. The lowest BCUT2D eigenvalue weighted by Gasteiger charge is -2.20. The van der Waals surface area contributed by atoms with Gasteiger partial charge in [0.15, 0.2) is 5.82 Å². The number of carbonyl (C=O) groups excluding carboxylic acids is 1. The second-order valence-electron chi connectivity index (χ2n) is 4.55.